The van der Waals surface area contributed by atoms with Crippen LogP contribution in [0.5, 0.6) is 0 Å². The van der Waals surface area contributed by atoms with Gasteiger partial charge < -0.3 is 4.74 Å². The Bertz CT molecular complexity index is 239. The molecule has 0 saturated carbocycles. The SMILES string of the molecule is C=CC(C)(C)C(C)(C)OCC(C)(C)C(C)I. The monoisotopic (exact) mass is 338 g/mol. The van der Waals surface area contributed by atoms with Gasteiger partial charge in [0, 0.05) is 9.34 Å². The molecular weight excluding hydrogens is 311 g/mol. The summed E-state index contributed by atoms with van der Waals surface area (Å²) in [4.78, 5) is 0. The van der Waals surface area contributed by atoms with E-state index in [9.17, 15) is 0 Å². The number of rotatable bonds is 6. The number of hydrogen-bond donors (Lipinski definition) is 0. The van der Waals surface area contributed by atoms with E-state index in [1.165, 1.54) is 0 Å². The fourth-order valence-corrected chi connectivity index (χ4v) is 1.09. The van der Waals surface area contributed by atoms with Crippen molar-refractivity contribution in [3.63, 3.8) is 0 Å². The van der Waals surface area contributed by atoms with E-state index in [1.54, 1.807) is 0 Å². The molecule has 0 aliphatic rings. The van der Waals surface area contributed by atoms with E-state index in [1.807, 2.05) is 6.08 Å². The lowest BCUT2D eigenvalue weighted by atomic mass is 9.77. The third kappa shape index (κ3) is 4.02. The van der Waals surface area contributed by atoms with Gasteiger partial charge in [-0.3, -0.25) is 0 Å². The smallest absolute Gasteiger partial charge is 0.0711 e. The zero-order valence-corrected chi connectivity index (χ0v) is 14.0. The van der Waals surface area contributed by atoms with Gasteiger partial charge in [0.25, 0.3) is 0 Å². The Labute approximate surface area is 115 Å². The molecule has 0 bridgehead atoms. The molecule has 0 aromatic carbocycles. The van der Waals surface area contributed by atoms with Crippen molar-refractivity contribution < 1.29 is 4.74 Å². The van der Waals surface area contributed by atoms with E-state index >= 15 is 0 Å². The second kappa shape index (κ2) is 5.38. The Morgan fingerprint density at radius 1 is 1.19 bits per heavy atom. The lowest BCUT2D eigenvalue weighted by Gasteiger charge is -2.42. The van der Waals surface area contributed by atoms with E-state index in [0.717, 1.165) is 6.61 Å². The largest absolute Gasteiger partial charge is 0.374 e. The number of hydrogen-bond acceptors (Lipinski definition) is 1. The molecule has 16 heavy (non-hydrogen) atoms. The van der Waals surface area contributed by atoms with E-state index in [-0.39, 0.29) is 16.4 Å². The van der Waals surface area contributed by atoms with Crippen LogP contribution >= 0.6 is 22.6 Å². The van der Waals surface area contributed by atoms with Crippen molar-refractivity contribution in [2.75, 3.05) is 6.61 Å². The summed E-state index contributed by atoms with van der Waals surface area (Å²) in [7, 11) is 0. The van der Waals surface area contributed by atoms with Crippen molar-refractivity contribution in [3.8, 4) is 0 Å². The van der Waals surface area contributed by atoms with E-state index < -0.39 is 0 Å². The van der Waals surface area contributed by atoms with Crippen molar-refractivity contribution in [1.82, 2.24) is 0 Å². The molecule has 0 N–H and O–H groups in total. The molecule has 0 spiro atoms. The van der Waals surface area contributed by atoms with E-state index in [4.69, 9.17) is 4.74 Å². The topological polar surface area (TPSA) is 9.23 Å². The van der Waals surface area contributed by atoms with Crippen LogP contribution in [0.4, 0.5) is 0 Å². The Morgan fingerprint density at radius 3 is 1.94 bits per heavy atom. The molecule has 0 saturated heterocycles. The highest BCUT2D eigenvalue weighted by atomic mass is 127. The van der Waals surface area contributed by atoms with Crippen molar-refractivity contribution >= 4 is 22.6 Å². The Morgan fingerprint density at radius 2 is 1.62 bits per heavy atom. The first-order chi connectivity index (χ1) is 6.96. The summed E-state index contributed by atoms with van der Waals surface area (Å²) in [5.74, 6) is 0. The Kier molecular flexibility index (Phi) is 5.53. The van der Waals surface area contributed by atoms with Gasteiger partial charge in [0.1, 0.15) is 0 Å². The zero-order chi connectivity index (χ0) is 13.2. The highest BCUT2D eigenvalue weighted by molar-refractivity contribution is 14.1. The molecule has 0 amide bonds. The van der Waals surface area contributed by atoms with Gasteiger partial charge in [0.2, 0.25) is 0 Å². The van der Waals surface area contributed by atoms with Crippen molar-refractivity contribution in [3.05, 3.63) is 12.7 Å². The van der Waals surface area contributed by atoms with Gasteiger partial charge in [-0.2, -0.15) is 0 Å². The summed E-state index contributed by atoms with van der Waals surface area (Å²) in [5, 5.41) is 0. The number of ether oxygens (including phenoxy) is 1. The van der Waals surface area contributed by atoms with Crippen molar-refractivity contribution in [2.45, 2.75) is 58.0 Å². The molecule has 1 unspecified atom stereocenters. The average Bonchev–Trinajstić information content (AvgIpc) is 2.14. The lowest BCUT2D eigenvalue weighted by Crippen LogP contribution is -2.43. The maximum atomic E-state index is 6.14. The van der Waals surface area contributed by atoms with E-state index in [0.29, 0.717) is 3.92 Å². The molecule has 96 valence electrons. The van der Waals surface area contributed by atoms with Crippen molar-refractivity contribution in [2.24, 2.45) is 10.8 Å². The molecule has 1 atom stereocenters. The third-order valence-electron chi connectivity index (χ3n) is 3.94. The maximum Gasteiger partial charge on any atom is 0.0711 e. The van der Waals surface area contributed by atoms with Crippen LogP contribution in [0.2, 0.25) is 0 Å². The minimum absolute atomic E-state index is 0.0163. The van der Waals surface area contributed by atoms with Gasteiger partial charge in [-0.1, -0.05) is 63.3 Å². The average molecular weight is 338 g/mol. The molecule has 1 nitrogen and oxygen atoms in total. The number of halogens is 1. The van der Waals surface area contributed by atoms with Gasteiger partial charge in [-0.15, -0.1) is 6.58 Å². The van der Waals surface area contributed by atoms with Crippen LogP contribution in [0.3, 0.4) is 0 Å². The highest BCUT2D eigenvalue weighted by Gasteiger charge is 2.37. The fraction of sp³-hybridized carbons (Fsp3) is 0.857. The summed E-state index contributed by atoms with van der Waals surface area (Å²) in [6.45, 7) is 20.0. The molecular formula is C14H27IO. The molecule has 0 aromatic rings. The van der Waals surface area contributed by atoms with Gasteiger partial charge in [-0.05, 0) is 19.3 Å². The molecule has 0 fully saturated rings. The quantitative estimate of drug-likeness (QED) is 0.382. The van der Waals surface area contributed by atoms with E-state index in [2.05, 4.69) is 77.6 Å². The maximum absolute atomic E-state index is 6.14. The molecule has 0 radical (unpaired) electrons. The lowest BCUT2D eigenvalue weighted by molar-refractivity contribution is -0.103. The summed E-state index contributed by atoms with van der Waals surface area (Å²) >= 11 is 2.47. The molecule has 2 heteroatoms. The predicted molar refractivity (Wildman–Crippen MR) is 81.3 cm³/mol. The first kappa shape index (κ1) is 16.4. The summed E-state index contributed by atoms with van der Waals surface area (Å²) in [6.07, 6.45) is 1.98. The van der Waals surface area contributed by atoms with Gasteiger partial charge in [0.15, 0.2) is 0 Å². The summed E-state index contributed by atoms with van der Waals surface area (Å²) < 4.78 is 6.73. The first-order valence-electron chi connectivity index (χ1n) is 5.88. The minimum atomic E-state index is -0.183. The normalized spacial score (nSPS) is 16.0. The van der Waals surface area contributed by atoms with Crippen LogP contribution in [0.25, 0.3) is 0 Å². The fourth-order valence-electron chi connectivity index (χ4n) is 0.913. The molecule has 0 heterocycles. The van der Waals surface area contributed by atoms with Crippen LogP contribution in [-0.2, 0) is 4.74 Å². The third-order valence-corrected chi connectivity index (χ3v) is 5.63. The van der Waals surface area contributed by atoms with Crippen LogP contribution in [-0.4, -0.2) is 16.1 Å². The molecule has 0 aliphatic heterocycles. The summed E-state index contributed by atoms with van der Waals surface area (Å²) in [5.41, 5.74) is 0.00419. The summed E-state index contributed by atoms with van der Waals surface area (Å²) in [6, 6.07) is 0. The second-order valence-corrected chi connectivity index (χ2v) is 8.20. The van der Waals surface area contributed by atoms with Crippen molar-refractivity contribution in [1.29, 1.82) is 0 Å². The van der Waals surface area contributed by atoms with Crippen LogP contribution in [0.15, 0.2) is 12.7 Å². The zero-order valence-electron chi connectivity index (χ0n) is 11.9. The first-order valence-corrected chi connectivity index (χ1v) is 7.12. The van der Waals surface area contributed by atoms with Crippen LogP contribution < -0.4 is 0 Å². The van der Waals surface area contributed by atoms with Gasteiger partial charge in [-0.25, -0.2) is 0 Å². The highest BCUT2D eigenvalue weighted by Crippen LogP contribution is 2.37. The Hall–Kier alpha value is 0.430. The molecule has 0 aliphatic carbocycles. The Balaban J connectivity index is 4.58. The second-order valence-electron chi connectivity index (χ2n) is 6.33. The van der Waals surface area contributed by atoms with Crippen LogP contribution in [0.1, 0.15) is 48.5 Å². The molecule has 0 rings (SSSR count). The van der Waals surface area contributed by atoms with Gasteiger partial charge >= 0.3 is 0 Å². The standard InChI is InChI=1S/C14H27IO/c1-9-13(5,6)14(7,8)16-10-12(3,4)11(2)15/h9,11H,1,10H2,2-8H3. The molecule has 0 aromatic heterocycles. The van der Waals surface area contributed by atoms with Crippen LogP contribution in [0, 0.1) is 10.8 Å². The minimum Gasteiger partial charge on any atom is -0.374 e. The number of alkyl halides is 1. The predicted octanol–water partition coefficient (Wildman–Crippen LogP) is 4.84. The van der Waals surface area contributed by atoms with Gasteiger partial charge in [0.05, 0.1) is 12.2 Å².